The van der Waals surface area contributed by atoms with E-state index in [-0.39, 0.29) is 12.5 Å². The minimum atomic E-state index is -0.117. The van der Waals surface area contributed by atoms with E-state index in [4.69, 9.17) is 10.8 Å². The molecule has 0 radical (unpaired) electrons. The molecule has 0 spiro atoms. The van der Waals surface area contributed by atoms with E-state index in [2.05, 4.69) is 10.2 Å². The van der Waals surface area contributed by atoms with E-state index >= 15 is 0 Å². The summed E-state index contributed by atoms with van der Waals surface area (Å²) in [6, 6.07) is 3.16. The van der Waals surface area contributed by atoms with Crippen LogP contribution < -0.4 is 5.73 Å². The predicted octanol–water partition coefficient (Wildman–Crippen LogP) is -0.0967. The Morgan fingerprint density at radius 3 is 2.65 bits per heavy atom. The number of aliphatic hydroxyl groups excluding tert-OH is 1. The van der Waals surface area contributed by atoms with Crippen LogP contribution in [0.4, 0.5) is 5.82 Å². The number of hydrogen-bond donors (Lipinski definition) is 2. The van der Waals surface area contributed by atoms with E-state index < -0.39 is 0 Å². The summed E-state index contributed by atoms with van der Waals surface area (Å²) in [4.78, 5) is 13.8. The zero-order valence-corrected chi connectivity index (χ0v) is 9.54. The van der Waals surface area contributed by atoms with Crippen LogP contribution in [0.25, 0.3) is 0 Å². The van der Waals surface area contributed by atoms with Crippen LogP contribution in [0.5, 0.6) is 0 Å². The first-order valence-corrected chi connectivity index (χ1v) is 5.70. The quantitative estimate of drug-likeness (QED) is 0.748. The number of nitrogens with two attached hydrogens (primary N) is 1. The van der Waals surface area contributed by atoms with Crippen LogP contribution in [0.15, 0.2) is 12.1 Å². The van der Waals surface area contributed by atoms with Crippen molar-refractivity contribution in [3.05, 3.63) is 17.8 Å². The third-order valence-electron chi connectivity index (χ3n) is 3.06. The first-order valence-electron chi connectivity index (χ1n) is 5.70. The summed E-state index contributed by atoms with van der Waals surface area (Å²) in [6.07, 6.45) is 1.68. The molecule has 1 saturated heterocycles. The number of carbonyl (C=O) groups is 1. The van der Waals surface area contributed by atoms with Gasteiger partial charge in [-0.05, 0) is 30.9 Å². The number of amides is 1. The zero-order chi connectivity index (χ0) is 12.3. The fourth-order valence-corrected chi connectivity index (χ4v) is 1.94. The molecule has 17 heavy (non-hydrogen) atoms. The Morgan fingerprint density at radius 2 is 2.12 bits per heavy atom. The van der Waals surface area contributed by atoms with E-state index in [0.29, 0.717) is 30.5 Å². The normalized spacial score (nSPS) is 17.1. The van der Waals surface area contributed by atoms with Gasteiger partial charge in [-0.1, -0.05) is 0 Å². The number of likely N-dealkylation sites (tertiary alicyclic amines) is 1. The maximum Gasteiger partial charge on any atom is 0.274 e. The first-order chi connectivity index (χ1) is 8.20. The first kappa shape index (κ1) is 11.8. The van der Waals surface area contributed by atoms with Crippen molar-refractivity contribution in [3.8, 4) is 0 Å². The van der Waals surface area contributed by atoms with Gasteiger partial charge in [0.1, 0.15) is 5.82 Å². The Hall–Kier alpha value is -1.69. The number of nitrogen functional groups attached to an aromatic ring is 1. The van der Waals surface area contributed by atoms with Gasteiger partial charge in [-0.25, -0.2) is 0 Å². The summed E-state index contributed by atoms with van der Waals surface area (Å²) in [7, 11) is 0. The lowest BCUT2D eigenvalue weighted by atomic mass is 9.98. The molecule has 1 amide bonds. The second-order valence-electron chi connectivity index (χ2n) is 4.26. The fraction of sp³-hybridized carbons (Fsp3) is 0.545. The Labute approximate surface area is 99.4 Å². The van der Waals surface area contributed by atoms with E-state index in [9.17, 15) is 4.79 Å². The summed E-state index contributed by atoms with van der Waals surface area (Å²) >= 11 is 0. The number of aliphatic hydroxyl groups is 1. The van der Waals surface area contributed by atoms with Crippen LogP contribution in [-0.2, 0) is 0 Å². The summed E-state index contributed by atoms with van der Waals surface area (Å²) < 4.78 is 0. The molecular weight excluding hydrogens is 220 g/mol. The number of rotatable bonds is 2. The number of aromatic nitrogens is 2. The molecular formula is C11H16N4O2. The van der Waals surface area contributed by atoms with Gasteiger partial charge in [0.25, 0.3) is 5.91 Å². The van der Waals surface area contributed by atoms with Gasteiger partial charge in [0, 0.05) is 19.7 Å². The van der Waals surface area contributed by atoms with Crippen molar-refractivity contribution in [1.29, 1.82) is 0 Å². The molecule has 1 aromatic heterocycles. The third-order valence-corrected chi connectivity index (χ3v) is 3.06. The lowest BCUT2D eigenvalue weighted by Crippen LogP contribution is -2.39. The highest BCUT2D eigenvalue weighted by molar-refractivity contribution is 5.92. The zero-order valence-electron chi connectivity index (χ0n) is 9.54. The number of hydrogen-bond acceptors (Lipinski definition) is 5. The third kappa shape index (κ3) is 2.71. The van der Waals surface area contributed by atoms with Crippen molar-refractivity contribution < 1.29 is 9.90 Å². The van der Waals surface area contributed by atoms with E-state index in [1.165, 1.54) is 0 Å². The van der Waals surface area contributed by atoms with Crippen molar-refractivity contribution in [1.82, 2.24) is 15.1 Å². The van der Waals surface area contributed by atoms with Crippen LogP contribution in [-0.4, -0.2) is 45.8 Å². The van der Waals surface area contributed by atoms with Gasteiger partial charge < -0.3 is 15.7 Å². The topological polar surface area (TPSA) is 92.3 Å². The van der Waals surface area contributed by atoms with Crippen LogP contribution >= 0.6 is 0 Å². The molecule has 1 fully saturated rings. The van der Waals surface area contributed by atoms with Crippen LogP contribution in [0.2, 0.25) is 0 Å². The SMILES string of the molecule is Nc1ccc(C(=O)N2CCC(CO)CC2)nn1. The minimum Gasteiger partial charge on any atom is -0.396 e. The average molecular weight is 236 g/mol. The maximum absolute atomic E-state index is 12.0. The molecule has 1 aliphatic rings. The summed E-state index contributed by atoms with van der Waals surface area (Å²) in [5, 5.41) is 16.5. The molecule has 0 bridgehead atoms. The molecule has 0 unspecified atom stereocenters. The van der Waals surface area contributed by atoms with Crippen molar-refractivity contribution >= 4 is 11.7 Å². The summed E-state index contributed by atoms with van der Waals surface area (Å²) in [6.45, 7) is 1.52. The Kier molecular flexibility index (Phi) is 3.53. The number of anilines is 1. The molecule has 0 saturated carbocycles. The highest BCUT2D eigenvalue weighted by Crippen LogP contribution is 2.17. The molecule has 1 aromatic rings. The van der Waals surface area contributed by atoms with Gasteiger partial charge in [-0.3, -0.25) is 4.79 Å². The second kappa shape index (κ2) is 5.09. The van der Waals surface area contributed by atoms with Gasteiger partial charge in [-0.2, -0.15) is 0 Å². The van der Waals surface area contributed by atoms with Gasteiger partial charge in [0.2, 0.25) is 0 Å². The van der Waals surface area contributed by atoms with Gasteiger partial charge in [-0.15, -0.1) is 10.2 Å². The van der Waals surface area contributed by atoms with E-state index in [1.54, 1.807) is 17.0 Å². The average Bonchev–Trinajstić information content (AvgIpc) is 2.39. The molecule has 0 aliphatic carbocycles. The second-order valence-corrected chi connectivity index (χ2v) is 4.26. The van der Waals surface area contributed by atoms with Crippen LogP contribution in [0.1, 0.15) is 23.3 Å². The van der Waals surface area contributed by atoms with Crippen molar-refractivity contribution in [2.24, 2.45) is 5.92 Å². The fourth-order valence-electron chi connectivity index (χ4n) is 1.94. The molecule has 0 atom stereocenters. The highest BCUT2D eigenvalue weighted by Gasteiger charge is 2.23. The smallest absolute Gasteiger partial charge is 0.274 e. The Morgan fingerprint density at radius 1 is 1.41 bits per heavy atom. The number of carbonyl (C=O) groups excluding carboxylic acids is 1. The highest BCUT2D eigenvalue weighted by atomic mass is 16.3. The molecule has 92 valence electrons. The van der Waals surface area contributed by atoms with E-state index in [0.717, 1.165) is 12.8 Å². The molecule has 3 N–H and O–H groups in total. The Bertz CT molecular complexity index is 385. The maximum atomic E-state index is 12.0. The largest absolute Gasteiger partial charge is 0.396 e. The minimum absolute atomic E-state index is 0.117. The molecule has 1 aliphatic heterocycles. The molecule has 2 rings (SSSR count). The molecule has 6 heteroatoms. The Balaban J connectivity index is 1.99. The van der Waals surface area contributed by atoms with Crippen molar-refractivity contribution in [3.63, 3.8) is 0 Å². The standard InChI is InChI=1S/C11H16N4O2/c12-10-2-1-9(13-14-10)11(17)15-5-3-8(7-16)4-6-15/h1-2,8,16H,3-7H2,(H2,12,14). The lowest BCUT2D eigenvalue weighted by molar-refractivity contribution is 0.0644. The van der Waals surface area contributed by atoms with E-state index in [1.807, 2.05) is 0 Å². The van der Waals surface area contributed by atoms with Crippen LogP contribution in [0.3, 0.4) is 0 Å². The number of nitrogens with zero attached hydrogens (tertiary/aromatic N) is 3. The predicted molar refractivity (Wildman–Crippen MR) is 62.2 cm³/mol. The molecule has 2 heterocycles. The summed E-state index contributed by atoms with van der Waals surface area (Å²) in [5.41, 5.74) is 5.74. The van der Waals surface area contributed by atoms with Gasteiger partial charge in [0.05, 0.1) is 0 Å². The van der Waals surface area contributed by atoms with Gasteiger partial charge in [0.15, 0.2) is 5.69 Å². The molecule has 0 aromatic carbocycles. The van der Waals surface area contributed by atoms with Gasteiger partial charge >= 0.3 is 0 Å². The number of piperidine rings is 1. The monoisotopic (exact) mass is 236 g/mol. The van der Waals surface area contributed by atoms with Crippen LogP contribution in [0, 0.1) is 5.92 Å². The lowest BCUT2D eigenvalue weighted by Gasteiger charge is -2.30. The summed E-state index contributed by atoms with van der Waals surface area (Å²) in [5.74, 6) is 0.506. The van der Waals surface area contributed by atoms with Crippen molar-refractivity contribution in [2.45, 2.75) is 12.8 Å². The molecule has 6 nitrogen and oxygen atoms in total. The van der Waals surface area contributed by atoms with Crippen molar-refractivity contribution in [2.75, 3.05) is 25.4 Å².